The maximum atomic E-state index is 12.7. The molecule has 0 saturated carbocycles. The van der Waals surface area contributed by atoms with E-state index in [0.29, 0.717) is 23.5 Å². The topological polar surface area (TPSA) is 90.0 Å². The Balaban J connectivity index is 1.30. The van der Waals surface area contributed by atoms with E-state index in [4.69, 9.17) is 16.3 Å². The van der Waals surface area contributed by atoms with Crippen LogP contribution in [-0.4, -0.2) is 58.1 Å². The maximum absolute atomic E-state index is 12.7. The SMILES string of the molecule is CP(C)(=O)c1ccccc1NC1=C(Cl)C=NC(Nc2ccc3c(c2)OC[C@H]2CNCCN32)N1. The van der Waals surface area contributed by atoms with Crippen LogP contribution in [0.15, 0.2) is 58.3 Å². The van der Waals surface area contributed by atoms with Gasteiger partial charge in [0.05, 0.1) is 22.4 Å². The average molecular weight is 487 g/mol. The fourth-order valence-electron chi connectivity index (χ4n) is 4.33. The van der Waals surface area contributed by atoms with Gasteiger partial charge in [-0.05, 0) is 37.6 Å². The molecule has 0 bridgehead atoms. The quantitative estimate of drug-likeness (QED) is 0.483. The van der Waals surface area contributed by atoms with Crippen molar-refractivity contribution in [3.63, 3.8) is 0 Å². The summed E-state index contributed by atoms with van der Waals surface area (Å²) >= 11 is 6.41. The number of nitrogens with zero attached hydrogens (tertiary/aromatic N) is 2. The summed E-state index contributed by atoms with van der Waals surface area (Å²) in [5.74, 6) is 1.48. The van der Waals surface area contributed by atoms with E-state index in [-0.39, 0.29) is 0 Å². The molecular weight excluding hydrogens is 459 g/mol. The van der Waals surface area contributed by atoms with Crippen LogP contribution in [0.5, 0.6) is 5.75 Å². The molecule has 0 amide bonds. The standard InChI is InChI=1S/C23H28ClN6O2P/c1-33(2,31)21-6-4-3-5-18(21)28-22-17(24)13-26-23(29-22)27-15-7-8-19-20(11-15)32-14-16-12-25-9-10-30(16)19/h3-8,11,13,16,23,25,27-29H,9-10,12,14H2,1-2H3/t16-,23?/m1/s1. The number of hydrogen-bond donors (Lipinski definition) is 4. The second kappa shape index (κ2) is 8.93. The van der Waals surface area contributed by atoms with Gasteiger partial charge in [-0.15, -0.1) is 0 Å². The predicted octanol–water partition coefficient (Wildman–Crippen LogP) is 2.99. The third kappa shape index (κ3) is 4.69. The number of benzene rings is 2. The predicted molar refractivity (Wildman–Crippen MR) is 137 cm³/mol. The van der Waals surface area contributed by atoms with Crippen LogP contribution in [0, 0.1) is 0 Å². The van der Waals surface area contributed by atoms with Crippen molar-refractivity contribution in [3.8, 4) is 5.75 Å². The molecule has 1 unspecified atom stereocenters. The van der Waals surface area contributed by atoms with Gasteiger partial charge in [0.2, 0.25) is 0 Å². The molecule has 174 valence electrons. The van der Waals surface area contributed by atoms with Crippen LogP contribution in [0.1, 0.15) is 0 Å². The second-order valence-corrected chi connectivity index (χ2v) is 12.3. The van der Waals surface area contributed by atoms with E-state index in [1.54, 1.807) is 19.5 Å². The lowest BCUT2D eigenvalue weighted by Crippen LogP contribution is -2.55. The minimum absolute atomic E-state index is 0.375. The van der Waals surface area contributed by atoms with Gasteiger partial charge in [0.25, 0.3) is 0 Å². The van der Waals surface area contributed by atoms with Gasteiger partial charge >= 0.3 is 0 Å². The molecule has 0 spiro atoms. The second-order valence-electron chi connectivity index (χ2n) is 8.73. The smallest absolute Gasteiger partial charge is 0.195 e. The number of anilines is 3. The number of fused-ring (bicyclic) bond motifs is 3. The molecular formula is C23H28ClN6O2P. The molecule has 3 aliphatic rings. The summed E-state index contributed by atoms with van der Waals surface area (Å²) in [5.41, 5.74) is 2.78. The lowest BCUT2D eigenvalue weighted by atomic mass is 10.1. The van der Waals surface area contributed by atoms with Gasteiger partial charge in [0.15, 0.2) is 6.29 Å². The van der Waals surface area contributed by atoms with Gasteiger partial charge in [-0.1, -0.05) is 23.7 Å². The van der Waals surface area contributed by atoms with Gasteiger partial charge in [0.1, 0.15) is 25.3 Å². The van der Waals surface area contributed by atoms with Crippen molar-refractivity contribution in [2.75, 3.05) is 55.1 Å². The van der Waals surface area contributed by atoms with Crippen LogP contribution in [0.4, 0.5) is 17.1 Å². The normalized spacial score (nSPS) is 22.1. The Hall–Kier alpha value is -2.67. The summed E-state index contributed by atoms with van der Waals surface area (Å²) in [5, 5.41) is 14.6. The van der Waals surface area contributed by atoms with Crippen molar-refractivity contribution >= 4 is 47.3 Å². The number of nitrogens with one attached hydrogen (secondary N) is 4. The van der Waals surface area contributed by atoms with Crippen LogP contribution in [0.3, 0.4) is 0 Å². The Morgan fingerprint density at radius 3 is 2.94 bits per heavy atom. The van der Waals surface area contributed by atoms with E-state index in [2.05, 4.69) is 37.2 Å². The van der Waals surface area contributed by atoms with E-state index in [1.807, 2.05) is 36.4 Å². The number of rotatable bonds is 5. The zero-order valence-electron chi connectivity index (χ0n) is 18.6. The van der Waals surface area contributed by atoms with Gasteiger partial charge in [-0.3, -0.25) is 0 Å². The number of para-hydroxylation sites is 1. The summed E-state index contributed by atoms with van der Waals surface area (Å²) in [6.07, 6.45) is 1.18. The van der Waals surface area contributed by atoms with E-state index in [9.17, 15) is 4.57 Å². The van der Waals surface area contributed by atoms with Crippen molar-refractivity contribution in [1.82, 2.24) is 10.6 Å². The number of aliphatic imine (C=N–C) groups is 1. The summed E-state index contributed by atoms with van der Waals surface area (Å²) in [7, 11) is -2.46. The first-order valence-corrected chi connectivity index (χ1v) is 14.0. The molecule has 2 aromatic rings. The molecule has 0 aliphatic carbocycles. The van der Waals surface area contributed by atoms with Crippen LogP contribution >= 0.6 is 18.7 Å². The Kier molecular flexibility index (Phi) is 5.99. The van der Waals surface area contributed by atoms with E-state index in [1.165, 1.54) is 0 Å². The Morgan fingerprint density at radius 1 is 1.24 bits per heavy atom. The van der Waals surface area contributed by atoms with Crippen molar-refractivity contribution in [2.24, 2.45) is 4.99 Å². The zero-order chi connectivity index (χ0) is 23.0. The Labute approximate surface area is 198 Å². The van der Waals surface area contributed by atoms with E-state index >= 15 is 0 Å². The number of allylic oxidation sites excluding steroid dienone is 1. The first-order chi connectivity index (χ1) is 15.9. The zero-order valence-corrected chi connectivity index (χ0v) is 20.3. The first kappa shape index (κ1) is 22.1. The first-order valence-electron chi connectivity index (χ1n) is 11.0. The Morgan fingerprint density at radius 2 is 2.09 bits per heavy atom. The summed E-state index contributed by atoms with van der Waals surface area (Å²) in [6, 6.07) is 14.1. The molecule has 1 fully saturated rings. The fraction of sp³-hybridized carbons (Fsp3) is 0.348. The number of hydrogen-bond acceptors (Lipinski definition) is 8. The van der Waals surface area contributed by atoms with Gasteiger partial charge < -0.3 is 35.5 Å². The highest BCUT2D eigenvalue weighted by molar-refractivity contribution is 7.70. The lowest BCUT2D eigenvalue weighted by molar-refractivity contribution is 0.247. The largest absolute Gasteiger partial charge is 0.489 e. The minimum atomic E-state index is -2.46. The molecule has 3 aliphatic heterocycles. The Bertz CT molecular complexity index is 1160. The molecule has 0 aromatic heterocycles. The minimum Gasteiger partial charge on any atom is -0.489 e. The molecule has 2 atom stereocenters. The average Bonchev–Trinajstić information content (AvgIpc) is 2.81. The van der Waals surface area contributed by atoms with Gasteiger partial charge in [-0.25, -0.2) is 4.99 Å². The fourth-order valence-corrected chi connectivity index (χ4v) is 5.64. The van der Waals surface area contributed by atoms with Crippen LogP contribution < -0.4 is 36.2 Å². The number of piperazine rings is 1. The van der Waals surface area contributed by atoms with Crippen LogP contribution in [0.2, 0.25) is 0 Å². The maximum Gasteiger partial charge on any atom is 0.195 e. The number of ether oxygens (including phenoxy) is 1. The molecule has 10 heteroatoms. The highest BCUT2D eigenvalue weighted by Crippen LogP contribution is 2.38. The van der Waals surface area contributed by atoms with Crippen molar-refractivity contribution < 1.29 is 9.30 Å². The third-order valence-corrected chi connectivity index (χ3v) is 7.79. The molecule has 3 heterocycles. The van der Waals surface area contributed by atoms with Crippen molar-refractivity contribution in [2.45, 2.75) is 12.3 Å². The highest BCUT2D eigenvalue weighted by atomic mass is 35.5. The van der Waals surface area contributed by atoms with Crippen molar-refractivity contribution in [1.29, 1.82) is 0 Å². The van der Waals surface area contributed by atoms with Crippen LogP contribution in [0.25, 0.3) is 0 Å². The molecule has 0 radical (unpaired) electrons. The molecule has 1 saturated heterocycles. The lowest BCUT2D eigenvalue weighted by Gasteiger charge is -2.42. The summed E-state index contributed by atoms with van der Waals surface area (Å²) in [6.45, 7) is 7.08. The molecule has 8 nitrogen and oxygen atoms in total. The van der Waals surface area contributed by atoms with Gasteiger partial charge in [0, 0.05) is 42.9 Å². The van der Waals surface area contributed by atoms with E-state index < -0.39 is 13.4 Å². The van der Waals surface area contributed by atoms with Crippen molar-refractivity contribution in [3.05, 3.63) is 53.3 Å². The molecule has 5 rings (SSSR count). The summed E-state index contributed by atoms with van der Waals surface area (Å²) in [4.78, 5) is 6.87. The molecule has 4 N–H and O–H groups in total. The van der Waals surface area contributed by atoms with Crippen LogP contribution in [-0.2, 0) is 4.57 Å². The monoisotopic (exact) mass is 486 g/mol. The highest BCUT2D eigenvalue weighted by Gasteiger charge is 2.30. The number of halogens is 1. The van der Waals surface area contributed by atoms with E-state index in [0.717, 1.165) is 47.8 Å². The molecule has 2 aromatic carbocycles. The van der Waals surface area contributed by atoms with Gasteiger partial charge in [-0.2, -0.15) is 0 Å². The molecule has 33 heavy (non-hydrogen) atoms. The summed E-state index contributed by atoms with van der Waals surface area (Å²) < 4.78 is 18.7. The third-order valence-electron chi connectivity index (χ3n) is 5.95.